The van der Waals surface area contributed by atoms with Crippen molar-refractivity contribution in [3.8, 4) is 5.75 Å². The van der Waals surface area contributed by atoms with Crippen LogP contribution in [-0.4, -0.2) is 46.2 Å². The first-order chi connectivity index (χ1) is 16.6. The highest BCUT2D eigenvalue weighted by Crippen LogP contribution is 2.50. The number of carbonyl (C=O) groups excluding carboxylic acids is 1. The summed E-state index contributed by atoms with van der Waals surface area (Å²) >= 11 is 0. The van der Waals surface area contributed by atoms with E-state index >= 15 is 0 Å². The summed E-state index contributed by atoms with van der Waals surface area (Å²) in [6.45, 7) is 3.09. The fraction of sp³-hybridized carbons (Fsp3) is 0.345. The Labute approximate surface area is 204 Å². The summed E-state index contributed by atoms with van der Waals surface area (Å²) in [6, 6.07) is 28.9. The molecule has 34 heavy (non-hydrogen) atoms. The number of fused-ring (bicyclic) bond motifs is 1. The van der Waals surface area contributed by atoms with Gasteiger partial charge in [0.1, 0.15) is 5.75 Å². The molecule has 5 heteroatoms. The predicted molar refractivity (Wildman–Crippen MR) is 137 cm³/mol. The lowest BCUT2D eigenvalue weighted by Crippen LogP contribution is -2.49. The Kier molecular flexibility index (Phi) is 6.30. The summed E-state index contributed by atoms with van der Waals surface area (Å²) in [5.41, 5.74) is 3.13. The maximum absolute atomic E-state index is 13.7. The molecule has 2 fully saturated rings. The molecule has 176 valence electrons. The topological polar surface area (TPSA) is 46.6 Å². The number of likely N-dealkylation sites (tertiary alicyclic amines) is 1. The number of hydrogen-bond acceptors (Lipinski definition) is 3. The van der Waals surface area contributed by atoms with Crippen LogP contribution in [0.1, 0.15) is 36.0 Å². The van der Waals surface area contributed by atoms with Crippen LogP contribution in [0, 0.1) is 5.92 Å². The van der Waals surface area contributed by atoms with Crippen LogP contribution in [-0.2, 0) is 21.0 Å². The zero-order valence-corrected chi connectivity index (χ0v) is 20.5. The van der Waals surface area contributed by atoms with E-state index in [9.17, 15) is 9.00 Å². The van der Waals surface area contributed by atoms with Crippen molar-refractivity contribution in [1.29, 1.82) is 0 Å². The lowest BCUT2D eigenvalue weighted by molar-refractivity contribution is -0.131. The van der Waals surface area contributed by atoms with Crippen molar-refractivity contribution in [2.45, 2.75) is 29.9 Å². The smallest absolute Gasteiger partial charge is 0.230 e. The molecule has 0 spiro atoms. The molecule has 0 N–H and O–H groups in total. The van der Waals surface area contributed by atoms with Gasteiger partial charge in [-0.3, -0.25) is 9.00 Å². The first-order valence-corrected chi connectivity index (χ1v) is 13.3. The van der Waals surface area contributed by atoms with E-state index in [2.05, 4.69) is 48.5 Å². The summed E-state index contributed by atoms with van der Waals surface area (Å²) in [5, 5.41) is -0.0389. The lowest BCUT2D eigenvalue weighted by Gasteiger charge is -2.45. The van der Waals surface area contributed by atoms with Crippen LogP contribution in [0.2, 0.25) is 0 Å². The fourth-order valence-corrected chi connectivity index (χ4v) is 7.93. The molecule has 0 aromatic heterocycles. The third-order valence-electron chi connectivity index (χ3n) is 7.80. The third-order valence-corrected chi connectivity index (χ3v) is 9.56. The van der Waals surface area contributed by atoms with Gasteiger partial charge in [0.15, 0.2) is 0 Å². The number of para-hydroxylation sites is 1. The molecule has 1 unspecified atom stereocenters. The number of rotatable bonds is 5. The number of amides is 1. The molecule has 0 saturated carbocycles. The van der Waals surface area contributed by atoms with Gasteiger partial charge in [-0.15, -0.1) is 0 Å². The van der Waals surface area contributed by atoms with Crippen molar-refractivity contribution in [3.05, 3.63) is 102 Å². The molecule has 2 heterocycles. The third kappa shape index (κ3) is 3.76. The number of nitrogens with zero attached hydrogens (tertiary/aromatic N) is 1. The van der Waals surface area contributed by atoms with Crippen molar-refractivity contribution in [2.75, 3.05) is 26.0 Å². The predicted octanol–water partition coefficient (Wildman–Crippen LogP) is 4.76. The van der Waals surface area contributed by atoms with E-state index in [1.807, 2.05) is 48.2 Å². The van der Waals surface area contributed by atoms with Crippen LogP contribution < -0.4 is 4.74 Å². The normalized spacial score (nSPS) is 24.3. The van der Waals surface area contributed by atoms with Crippen LogP contribution >= 0.6 is 0 Å². The lowest BCUT2D eigenvalue weighted by atomic mass is 9.63. The Morgan fingerprint density at radius 2 is 1.53 bits per heavy atom. The molecule has 5 rings (SSSR count). The van der Waals surface area contributed by atoms with Gasteiger partial charge in [-0.25, -0.2) is 0 Å². The zero-order valence-electron chi connectivity index (χ0n) is 19.7. The molecule has 0 radical (unpaired) electrons. The van der Waals surface area contributed by atoms with Crippen LogP contribution in [0.4, 0.5) is 0 Å². The summed E-state index contributed by atoms with van der Waals surface area (Å²) in [5.74, 6) is 1.22. The molecule has 2 aliphatic rings. The standard InChI is InChI=1S/C29H31NO3S/c1-21(24-15-9-10-16-26(24)33-2)28(31)30-19-25-27(20-30)34(32)18-17-29(25,22-11-5-3-6-12-22)23-13-7-4-8-14-23/h3-16,21,25,27H,17-20H2,1-2H3/t21-,25+,27-,34?/m0/s1. The maximum Gasteiger partial charge on any atom is 0.230 e. The van der Waals surface area contributed by atoms with E-state index in [1.165, 1.54) is 11.1 Å². The second-order valence-corrected chi connectivity index (χ2v) is 11.2. The molecule has 2 saturated heterocycles. The first-order valence-electron chi connectivity index (χ1n) is 12.0. The van der Waals surface area contributed by atoms with E-state index < -0.39 is 10.8 Å². The monoisotopic (exact) mass is 473 g/mol. The quantitative estimate of drug-likeness (QED) is 0.537. The zero-order chi connectivity index (χ0) is 23.7. The van der Waals surface area contributed by atoms with Crippen LogP contribution in [0.3, 0.4) is 0 Å². The molecular formula is C29H31NO3S. The summed E-state index contributed by atoms with van der Waals surface area (Å²) < 4.78 is 18.8. The van der Waals surface area contributed by atoms with Gasteiger partial charge in [0, 0.05) is 46.5 Å². The van der Waals surface area contributed by atoms with E-state index in [4.69, 9.17) is 4.74 Å². The summed E-state index contributed by atoms with van der Waals surface area (Å²) in [7, 11) is 0.677. The maximum atomic E-state index is 13.7. The van der Waals surface area contributed by atoms with Gasteiger partial charge in [-0.1, -0.05) is 78.9 Å². The molecule has 1 amide bonds. The number of ether oxygens (including phenoxy) is 1. The minimum atomic E-state index is -0.959. The highest BCUT2D eigenvalue weighted by molar-refractivity contribution is 7.85. The molecule has 2 aliphatic heterocycles. The highest BCUT2D eigenvalue weighted by atomic mass is 32.2. The fourth-order valence-electron chi connectivity index (χ4n) is 6.08. The average Bonchev–Trinajstić information content (AvgIpc) is 3.36. The van der Waals surface area contributed by atoms with Crippen molar-refractivity contribution in [1.82, 2.24) is 4.90 Å². The molecule has 4 atom stereocenters. The van der Waals surface area contributed by atoms with Gasteiger partial charge in [-0.2, -0.15) is 0 Å². The molecule has 3 aromatic rings. The SMILES string of the molecule is COc1ccccc1[C@H](C)C(=O)N1C[C@@H]2[C@H](C1)S(=O)CCC2(c1ccccc1)c1ccccc1. The van der Waals surface area contributed by atoms with Crippen molar-refractivity contribution < 1.29 is 13.7 Å². The Morgan fingerprint density at radius 3 is 2.15 bits per heavy atom. The largest absolute Gasteiger partial charge is 0.496 e. The van der Waals surface area contributed by atoms with E-state index in [0.717, 1.165) is 17.7 Å². The number of benzene rings is 3. The van der Waals surface area contributed by atoms with Crippen LogP contribution in [0.5, 0.6) is 5.75 Å². The Bertz CT molecular complexity index is 1140. The van der Waals surface area contributed by atoms with Gasteiger partial charge in [0.2, 0.25) is 5.91 Å². The molecule has 3 aromatic carbocycles. The van der Waals surface area contributed by atoms with Crippen molar-refractivity contribution in [2.24, 2.45) is 5.92 Å². The van der Waals surface area contributed by atoms with Crippen molar-refractivity contribution in [3.63, 3.8) is 0 Å². The van der Waals surface area contributed by atoms with Gasteiger partial charge in [0.25, 0.3) is 0 Å². The van der Waals surface area contributed by atoms with Gasteiger partial charge < -0.3 is 9.64 Å². The van der Waals surface area contributed by atoms with Crippen LogP contribution in [0.15, 0.2) is 84.9 Å². The Morgan fingerprint density at radius 1 is 0.941 bits per heavy atom. The van der Waals surface area contributed by atoms with E-state index in [-0.39, 0.29) is 28.4 Å². The van der Waals surface area contributed by atoms with E-state index in [0.29, 0.717) is 18.8 Å². The summed E-state index contributed by atoms with van der Waals surface area (Å²) in [6.07, 6.45) is 0.818. The van der Waals surface area contributed by atoms with Crippen molar-refractivity contribution >= 4 is 16.7 Å². The molecule has 0 bridgehead atoms. The Balaban J connectivity index is 1.53. The number of hydrogen-bond donors (Lipinski definition) is 0. The molecule has 0 aliphatic carbocycles. The van der Waals surface area contributed by atoms with Gasteiger partial charge in [0.05, 0.1) is 18.3 Å². The second kappa shape index (κ2) is 9.38. The summed E-state index contributed by atoms with van der Waals surface area (Å²) in [4.78, 5) is 15.7. The minimum Gasteiger partial charge on any atom is -0.496 e. The average molecular weight is 474 g/mol. The minimum absolute atomic E-state index is 0.0389. The second-order valence-electron chi connectivity index (χ2n) is 9.39. The first kappa shape index (κ1) is 22.9. The van der Waals surface area contributed by atoms with Crippen LogP contribution in [0.25, 0.3) is 0 Å². The number of carbonyl (C=O) groups is 1. The molecular weight excluding hydrogens is 442 g/mol. The van der Waals surface area contributed by atoms with Gasteiger partial charge >= 0.3 is 0 Å². The van der Waals surface area contributed by atoms with Gasteiger partial charge in [-0.05, 0) is 30.5 Å². The highest BCUT2D eigenvalue weighted by Gasteiger charge is 2.55. The Hall–Kier alpha value is -2.92. The van der Waals surface area contributed by atoms with E-state index in [1.54, 1.807) is 7.11 Å². The number of methoxy groups -OCH3 is 1. The molecule has 4 nitrogen and oxygen atoms in total.